The molecule has 0 unspecified atom stereocenters. The average Bonchev–Trinajstić information content (AvgIpc) is 2.65. The Morgan fingerprint density at radius 2 is 1.63 bits per heavy atom. The number of pyridine rings is 1. The van der Waals surface area contributed by atoms with Gasteiger partial charge < -0.3 is 9.88 Å². The number of anilines is 1. The number of amides is 1. The standard InChI is InChI=1S/C19H12F4N2O2/c20-12-5-3-11(4-6-12)10-25-9-1-2-13(19(25)27)18(26)24-15-8-7-14(21)16(22)17(15)23/h1-9H,10H2,(H,24,26). The van der Waals surface area contributed by atoms with Crippen molar-refractivity contribution in [1.82, 2.24) is 4.57 Å². The molecule has 0 fully saturated rings. The molecule has 0 aliphatic rings. The molecule has 1 amide bonds. The van der Waals surface area contributed by atoms with E-state index in [4.69, 9.17) is 0 Å². The Labute approximate surface area is 150 Å². The maximum Gasteiger partial charge on any atom is 0.263 e. The van der Waals surface area contributed by atoms with Gasteiger partial charge in [-0.1, -0.05) is 12.1 Å². The number of hydrogen-bond donors (Lipinski definition) is 1. The van der Waals surface area contributed by atoms with Crippen molar-refractivity contribution in [2.24, 2.45) is 0 Å². The lowest BCUT2D eigenvalue weighted by molar-refractivity contribution is 0.102. The Bertz CT molecular complexity index is 1060. The highest BCUT2D eigenvalue weighted by Crippen LogP contribution is 2.20. The third-order valence-corrected chi connectivity index (χ3v) is 3.81. The Balaban J connectivity index is 1.87. The summed E-state index contributed by atoms with van der Waals surface area (Å²) in [6.07, 6.45) is 1.43. The van der Waals surface area contributed by atoms with E-state index in [2.05, 4.69) is 5.32 Å². The van der Waals surface area contributed by atoms with Crippen LogP contribution in [0.15, 0.2) is 59.5 Å². The molecule has 4 nitrogen and oxygen atoms in total. The zero-order chi connectivity index (χ0) is 19.6. The minimum absolute atomic E-state index is 0.0831. The molecular formula is C19H12F4N2O2. The maximum atomic E-state index is 13.7. The normalized spacial score (nSPS) is 10.7. The van der Waals surface area contributed by atoms with E-state index in [1.807, 2.05) is 0 Å². The second kappa shape index (κ2) is 7.45. The average molecular weight is 376 g/mol. The van der Waals surface area contributed by atoms with Gasteiger partial charge in [0, 0.05) is 6.20 Å². The zero-order valence-corrected chi connectivity index (χ0v) is 13.7. The van der Waals surface area contributed by atoms with E-state index >= 15 is 0 Å². The molecule has 3 aromatic rings. The van der Waals surface area contributed by atoms with Gasteiger partial charge in [0.1, 0.15) is 11.4 Å². The molecule has 8 heteroatoms. The van der Waals surface area contributed by atoms with Gasteiger partial charge in [0.25, 0.3) is 11.5 Å². The number of halogens is 4. The van der Waals surface area contributed by atoms with Gasteiger partial charge >= 0.3 is 0 Å². The summed E-state index contributed by atoms with van der Waals surface area (Å²) in [6, 6.07) is 9.62. The van der Waals surface area contributed by atoms with Crippen LogP contribution in [-0.2, 0) is 6.54 Å². The van der Waals surface area contributed by atoms with Crippen LogP contribution in [0.5, 0.6) is 0 Å². The van der Waals surface area contributed by atoms with Gasteiger partial charge in [-0.15, -0.1) is 0 Å². The van der Waals surface area contributed by atoms with E-state index in [1.165, 1.54) is 47.2 Å². The van der Waals surface area contributed by atoms with Crippen LogP contribution in [-0.4, -0.2) is 10.5 Å². The Kier molecular flexibility index (Phi) is 5.07. The summed E-state index contributed by atoms with van der Waals surface area (Å²) < 4.78 is 54.1. The molecule has 0 bridgehead atoms. The van der Waals surface area contributed by atoms with Crippen molar-refractivity contribution in [2.45, 2.75) is 6.54 Å². The minimum Gasteiger partial charge on any atom is -0.319 e. The fourth-order valence-corrected chi connectivity index (χ4v) is 2.43. The van der Waals surface area contributed by atoms with Gasteiger partial charge in [-0.3, -0.25) is 9.59 Å². The summed E-state index contributed by atoms with van der Waals surface area (Å²) >= 11 is 0. The molecule has 0 atom stereocenters. The first-order chi connectivity index (χ1) is 12.9. The van der Waals surface area contributed by atoms with Crippen LogP contribution in [0.3, 0.4) is 0 Å². The zero-order valence-electron chi connectivity index (χ0n) is 13.7. The molecule has 0 radical (unpaired) electrons. The monoisotopic (exact) mass is 376 g/mol. The van der Waals surface area contributed by atoms with Gasteiger partial charge in [-0.05, 0) is 42.0 Å². The quantitative estimate of drug-likeness (QED) is 0.558. The van der Waals surface area contributed by atoms with Crippen LogP contribution in [0, 0.1) is 23.3 Å². The predicted molar refractivity (Wildman–Crippen MR) is 90.5 cm³/mol. The van der Waals surface area contributed by atoms with Crippen molar-refractivity contribution >= 4 is 11.6 Å². The highest BCUT2D eigenvalue weighted by Gasteiger charge is 2.18. The van der Waals surface area contributed by atoms with Gasteiger partial charge in [-0.25, -0.2) is 17.6 Å². The van der Waals surface area contributed by atoms with Gasteiger partial charge in [0.05, 0.1) is 12.2 Å². The highest BCUT2D eigenvalue weighted by molar-refractivity contribution is 6.04. The number of hydrogen-bond acceptors (Lipinski definition) is 2. The number of rotatable bonds is 4. The van der Waals surface area contributed by atoms with Crippen LogP contribution in [0.25, 0.3) is 0 Å². The third kappa shape index (κ3) is 3.89. The summed E-state index contributed by atoms with van der Waals surface area (Å²) in [5.74, 6) is -6.08. The summed E-state index contributed by atoms with van der Waals surface area (Å²) in [4.78, 5) is 24.8. The summed E-state index contributed by atoms with van der Waals surface area (Å²) in [7, 11) is 0. The SMILES string of the molecule is O=C(Nc1ccc(F)c(F)c1F)c1cccn(Cc2ccc(F)cc2)c1=O. The lowest BCUT2D eigenvalue weighted by atomic mass is 10.2. The first-order valence-electron chi connectivity index (χ1n) is 7.75. The van der Waals surface area contributed by atoms with Crippen LogP contribution in [0.4, 0.5) is 23.2 Å². The molecule has 1 aromatic heterocycles. The molecule has 1 N–H and O–H groups in total. The fraction of sp³-hybridized carbons (Fsp3) is 0.0526. The molecule has 3 rings (SSSR count). The van der Waals surface area contributed by atoms with Crippen LogP contribution in [0.2, 0.25) is 0 Å². The second-order valence-electron chi connectivity index (χ2n) is 5.66. The Hall–Kier alpha value is -3.42. The molecular weight excluding hydrogens is 364 g/mol. The van der Waals surface area contributed by atoms with Crippen molar-refractivity contribution in [2.75, 3.05) is 5.32 Å². The number of carbonyl (C=O) groups is 1. The van der Waals surface area contributed by atoms with Crippen molar-refractivity contribution in [1.29, 1.82) is 0 Å². The number of nitrogens with zero attached hydrogens (tertiary/aromatic N) is 1. The number of benzene rings is 2. The fourth-order valence-electron chi connectivity index (χ4n) is 2.43. The lowest BCUT2D eigenvalue weighted by Gasteiger charge is -2.10. The highest BCUT2D eigenvalue weighted by atomic mass is 19.2. The maximum absolute atomic E-state index is 13.7. The molecule has 2 aromatic carbocycles. The van der Waals surface area contributed by atoms with E-state index in [0.717, 1.165) is 6.07 Å². The smallest absolute Gasteiger partial charge is 0.263 e. The van der Waals surface area contributed by atoms with Crippen molar-refractivity contribution in [3.8, 4) is 0 Å². The van der Waals surface area contributed by atoms with Gasteiger partial charge in [0.2, 0.25) is 0 Å². The van der Waals surface area contributed by atoms with Crippen molar-refractivity contribution < 1.29 is 22.4 Å². The van der Waals surface area contributed by atoms with E-state index in [0.29, 0.717) is 11.6 Å². The largest absolute Gasteiger partial charge is 0.319 e. The number of aromatic nitrogens is 1. The summed E-state index contributed by atoms with van der Waals surface area (Å²) in [5.41, 5.74) is -0.957. The third-order valence-electron chi connectivity index (χ3n) is 3.81. The van der Waals surface area contributed by atoms with E-state index in [1.54, 1.807) is 0 Å². The van der Waals surface area contributed by atoms with Crippen LogP contribution in [0.1, 0.15) is 15.9 Å². The van der Waals surface area contributed by atoms with E-state index in [-0.39, 0.29) is 12.1 Å². The first-order valence-corrected chi connectivity index (χ1v) is 7.75. The molecule has 0 saturated heterocycles. The molecule has 0 spiro atoms. The molecule has 0 aliphatic carbocycles. The molecule has 0 saturated carbocycles. The summed E-state index contributed by atoms with van der Waals surface area (Å²) in [6.45, 7) is 0.0831. The lowest BCUT2D eigenvalue weighted by Crippen LogP contribution is -2.29. The van der Waals surface area contributed by atoms with Crippen LogP contribution < -0.4 is 10.9 Å². The number of carbonyl (C=O) groups excluding carboxylic acids is 1. The molecule has 0 aliphatic heterocycles. The van der Waals surface area contributed by atoms with Gasteiger partial charge in [-0.2, -0.15) is 0 Å². The van der Waals surface area contributed by atoms with Crippen molar-refractivity contribution in [3.63, 3.8) is 0 Å². The van der Waals surface area contributed by atoms with Crippen molar-refractivity contribution in [3.05, 3.63) is 99.5 Å². The molecule has 27 heavy (non-hydrogen) atoms. The molecule has 1 heterocycles. The minimum atomic E-state index is -1.73. The predicted octanol–water partition coefficient (Wildman–Crippen LogP) is 3.71. The molecule has 138 valence electrons. The van der Waals surface area contributed by atoms with Crippen LogP contribution >= 0.6 is 0 Å². The Morgan fingerprint density at radius 1 is 0.926 bits per heavy atom. The van der Waals surface area contributed by atoms with Gasteiger partial charge in [0.15, 0.2) is 17.5 Å². The van der Waals surface area contributed by atoms with E-state index < -0.39 is 40.4 Å². The summed E-state index contributed by atoms with van der Waals surface area (Å²) in [5, 5.41) is 2.05. The first kappa shape index (κ1) is 18.4. The number of nitrogens with one attached hydrogen (secondary N) is 1. The van der Waals surface area contributed by atoms with E-state index in [9.17, 15) is 27.2 Å². The Morgan fingerprint density at radius 3 is 2.33 bits per heavy atom. The topological polar surface area (TPSA) is 51.1 Å². The second-order valence-corrected chi connectivity index (χ2v) is 5.66.